The van der Waals surface area contributed by atoms with E-state index in [0.29, 0.717) is 28.7 Å². The molecule has 7 nitrogen and oxygen atoms in total. The maximum absolute atomic E-state index is 13.0. The Labute approximate surface area is 210 Å². The van der Waals surface area contributed by atoms with Crippen LogP contribution in [0, 0.1) is 6.92 Å². The fraction of sp³-hybridized carbons (Fsp3) is 0.393. The van der Waals surface area contributed by atoms with Crippen LogP contribution in [0.4, 0.5) is 10.1 Å². The number of amides is 1. The zero-order valence-electron chi connectivity index (χ0n) is 21.3. The molecular weight excluding hydrogens is 465 g/mol. The van der Waals surface area contributed by atoms with Crippen molar-refractivity contribution in [3.63, 3.8) is 0 Å². The van der Waals surface area contributed by atoms with Crippen LogP contribution in [0.15, 0.2) is 40.8 Å². The molecule has 1 N–H and O–H groups in total. The first-order valence-corrected chi connectivity index (χ1v) is 11.9. The third-order valence-corrected chi connectivity index (χ3v) is 6.43. The van der Waals surface area contributed by atoms with Crippen LogP contribution in [0.25, 0.3) is 0 Å². The molecule has 0 saturated carbocycles. The minimum atomic E-state index is -0.501. The van der Waals surface area contributed by atoms with Gasteiger partial charge in [0.25, 0.3) is 11.9 Å². The van der Waals surface area contributed by atoms with Crippen LogP contribution in [0.1, 0.15) is 53.9 Å². The summed E-state index contributed by atoms with van der Waals surface area (Å²) in [5.74, 6) is 1.59. The molecule has 192 valence electrons. The lowest BCUT2D eigenvalue weighted by molar-refractivity contribution is 0.0991. The van der Waals surface area contributed by atoms with E-state index < -0.39 is 12.6 Å². The number of ether oxygens (including phenoxy) is 4. The first-order valence-electron chi connectivity index (χ1n) is 11.9. The molecule has 2 aromatic carbocycles. The highest BCUT2D eigenvalue weighted by atomic mass is 19.1. The number of rotatable bonds is 10. The lowest BCUT2D eigenvalue weighted by Gasteiger charge is -2.20. The van der Waals surface area contributed by atoms with E-state index in [9.17, 15) is 9.18 Å². The minimum Gasteiger partial charge on any atom is -0.494 e. The van der Waals surface area contributed by atoms with Crippen molar-refractivity contribution in [3.8, 4) is 28.9 Å². The molecule has 0 radical (unpaired) electrons. The third-order valence-electron chi connectivity index (χ3n) is 6.43. The van der Waals surface area contributed by atoms with Crippen molar-refractivity contribution in [1.82, 2.24) is 0 Å². The summed E-state index contributed by atoms with van der Waals surface area (Å²) in [6.07, 6.45) is 2.44. The Morgan fingerprint density at radius 2 is 1.81 bits per heavy atom. The zero-order chi connectivity index (χ0) is 25.9. The number of halogens is 1. The van der Waals surface area contributed by atoms with Crippen LogP contribution in [0.5, 0.6) is 28.9 Å². The Kier molecular flexibility index (Phi) is 7.43. The molecule has 0 bridgehead atoms. The summed E-state index contributed by atoms with van der Waals surface area (Å²) < 4.78 is 40.5. The lowest BCUT2D eigenvalue weighted by atomic mass is 9.86. The fourth-order valence-corrected chi connectivity index (χ4v) is 4.40. The van der Waals surface area contributed by atoms with Crippen LogP contribution < -0.4 is 24.3 Å². The monoisotopic (exact) mass is 497 g/mol. The second kappa shape index (κ2) is 10.5. The molecule has 1 aliphatic rings. The Bertz CT molecular complexity index is 1220. The summed E-state index contributed by atoms with van der Waals surface area (Å²) in [7, 11) is 2.93. The maximum atomic E-state index is 13.0. The van der Waals surface area contributed by atoms with Gasteiger partial charge in [0, 0.05) is 24.6 Å². The summed E-state index contributed by atoms with van der Waals surface area (Å²) in [5, 5.41) is 2.77. The van der Waals surface area contributed by atoms with E-state index in [2.05, 4.69) is 31.3 Å². The summed E-state index contributed by atoms with van der Waals surface area (Å²) >= 11 is 0. The third kappa shape index (κ3) is 5.27. The van der Waals surface area contributed by atoms with Gasteiger partial charge in [0.2, 0.25) is 0 Å². The largest absolute Gasteiger partial charge is 0.494 e. The summed E-state index contributed by atoms with van der Waals surface area (Å²) in [4.78, 5) is 13.0. The Morgan fingerprint density at radius 1 is 1.08 bits per heavy atom. The van der Waals surface area contributed by atoms with Gasteiger partial charge in [-0.25, -0.2) is 0 Å². The van der Waals surface area contributed by atoms with E-state index in [1.165, 1.54) is 25.3 Å². The second-order valence-corrected chi connectivity index (χ2v) is 9.43. The number of furan rings is 1. The number of carbonyl (C=O) groups is 1. The molecule has 1 amide bonds. The number of carbonyl (C=O) groups excluding carboxylic acids is 1. The lowest BCUT2D eigenvalue weighted by Crippen LogP contribution is -2.13. The van der Waals surface area contributed by atoms with E-state index >= 15 is 0 Å². The van der Waals surface area contributed by atoms with Crippen molar-refractivity contribution in [2.24, 2.45) is 0 Å². The normalized spacial score (nSPS) is 13.7. The Balaban J connectivity index is 1.51. The number of hydrogen-bond acceptors (Lipinski definition) is 6. The molecule has 3 aromatic rings. The standard InChI is InChI=1S/C28H32FNO6/c1-17-13-18-9-10-28(2,3)20(18)16-22(17)36-25-8-7-21(35-25)27(31)30-26-23(32-4)14-19(15-24(26)33-5)34-12-6-11-29/h7-8,13-16H,6,9-12H2,1-5H3,(H,30,31). The number of aryl methyl sites for hydroxylation is 2. The number of benzene rings is 2. The molecule has 36 heavy (non-hydrogen) atoms. The summed E-state index contributed by atoms with van der Waals surface area (Å²) in [6, 6.07) is 10.6. The van der Waals surface area contributed by atoms with E-state index in [0.717, 1.165) is 18.4 Å². The van der Waals surface area contributed by atoms with Crippen molar-refractivity contribution in [2.45, 2.75) is 45.4 Å². The van der Waals surface area contributed by atoms with Gasteiger partial charge in [-0.2, -0.15) is 0 Å². The zero-order valence-corrected chi connectivity index (χ0v) is 21.3. The van der Waals surface area contributed by atoms with Crippen LogP contribution in [-0.4, -0.2) is 33.4 Å². The maximum Gasteiger partial charge on any atom is 0.291 e. The van der Waals surface area contributed by atoms with Gasteiger partial charge < -0.3 is 28.7 Å². The molecule has 0 fully saturated rings. The minimum absolute atomic E-state index is 0.0662. The van der Waals surface area contributed by atoms with E-state index in [4.69, 9.17) is 23.4 Å². The number of anilines is 1. The first kappa shape index (κ1) is 25.4. The van der Waals surface area contributed by atoms with Gasteiger partial charge in [0.1, 0.15) is 28.7 Å². The number of alkyl halides is 1. The van der Waals surface area contributed by atoms with E-state index in [1.807, 2.05) is 6.92 Å². The average Bonchev–Trinajstić information content (AvgIpc) is 3.44. The molecule has 4 rings (SSSR count). The van der Waals surface area contributed by atoms with Crippen molar-refractivity contribution in [1.29, 1.82) is 0 Å². The molecule has 0 unspecified atom stereocenters. The molecule has 0 saturated heterocycles. The smallest absolute Gasteiger partial charge is 0.291 e. The topological polar surface area (TPSA) is 79.2 Å². The van der Waals surface area contributed by atoms with Crippen molar-refractivity contribution >= 4 is 11.6 Å². The quantitative estimate of drug-likeness (QED) is 0.318. The molecule has 0 aliphatic heterocycles. The predicted octanol–water partition coefficient (Wildman–Crippen LogP) is 6.61. The molecule has 1 heterocycles. The SMILES string of the molecule is COc1cc(OCCCF)cc(OC)c1NC(=O)c1ccc(Oc2cc3c(cc2C)CCC3(C)C)o1. The van der Waals surface area contributed by atoms with Crippen molar-refractivity contribution < 1.29 is 32.5 Å². The van der Waals surface area contributed by atoms with E-state index in [-0.39, 0.29) is 30.1 Å². The fourth-order valence-electron chi connectivity index (χ4n) is 4.40. The highest BCUT2D eigenvalue weighted by Gasteiger charge is 2.31. The van der Waals surface area contributed by atoms with Gasteiger partial charge in [-0.05, 0) is 54.0 Å². The first-order chi connectivity index (χ1) is 17.2. The summed E-state index contributed by atoms with van der Waals surface area (Å²) in [6.45, 7) is 6.21. The van der Waals surface area contributed by atoms with Crippen molar-refractivity contribution in [2.75, 3.05) is 32.8 Å². The highest BCUT2D eigenvalue weighted by Crippen LogP contribution is 2.42. The summed E-state index contributed by atoms with van der Waals surface area (Å²) in [5.41, 5.74) is 4.06. The Morgan fingerprint density at radius 3 is 2.47 bits per heavy atom. The van der Waals surface area contributed by atoms with Gasteiger partial charge in [0.05, 0.1) is 27.5 Å². The van der Waals surface area contributed by atoms with E-state index in [1.54, 1.807) is 24.3 Å². The molecular formula is C28H32FNO6. The average molecular weight is 498 g/mol. The van der Waals surface area contributed by atoms with Gasteiger partial charge >= 0.3 is 0 Å². The molecule has 8 heteroatoms. The molecule has 0 spiro atoms. The Hall–Kier alpha value is -3.68. The number of hydrogen-bond donors (Lipinski definition) is 1. The second-order valence-electron chi connectivity index (χ2n) is 9.43. The van der Waals surface area contributed by atoms with Gasteiger partial charge in [-0.1, -0.05) is 19.9 Å². The predicted molar refractivity (Wildman–Crippen MR) is 135 cm³/mol. The van der Waals surface area contributed by atoms with Crippen LogP contribution >= 0.6 is 0 Å². The molecule has 1 aliphatic carbocycles. The van der Waals surface area contributed by atoms with Crippen LogP contribution in [0.2, 0.25) is 0 Å². The molecule has 0 atom stereocenters. The van der Waals surface area contributed by atoms with Crippen LogP contribution in [0.3, 0.4) is 0 Å². The van der Waals surface area contributed by atoms with Crippen molar-refractivity contribution in [3.05, 3.63) is 58.8 Å². The van der Waals surface area contributed by atoms with Gasteiger partial charge in [0.15, 0.2) is 5.76 Å². The number of fused-ring (bicyclic) bond motifs is 1. The van der Waals surface area contributed by atoms with Gasteiger partial charge in [-0.15, -0.1) is 0 Å². The van der Waals surface area contributed by atoms with Gasteiger partial charge in [-0.3, -0.25) is 9.18 Å². The number of nitrogens with one attached hydrogen (secondary N) is 1. The van der Waals surface area contributed by atoms with Crippen LogP contribution in [-0.2, 0) is 11.8 Å². The highest BCUT2D eigenvalue weighted by molar-refractivity contribution is 6.04. The number of methoxy groups -OCH3 is 2. The molecule has 1 aromatic heterocycles.